The van der Waals surface area contributed by atoms with Gasteiger partial charge in [0, 0.05) is 5.88 Å². The molecule has 1 aliphatic rings. The Morgan fingerprint density at radius 1 is 1.44 bits per heavy atom. The van der Waals surface area contributed by atoms with E-state index in [4.69, 9.17) is 11.6 Å². The number of alkyl halides is 1. The Morgan fingerprint density at radius 2 is 2.33 bits per heavy atom. The normalized spacial score (nSPS) is 26.6. The van der Waals surface area contributed by atoms with Gasteiger partial charge in [-0.2, -0.15) is 0 Å². The first kappa shape index (κ1) is 7.14. The van der Waals surface area contributed by atoms with Gasteiger partial charge in [-0.1, -0.05) is 12.2 Å². The molecule has 1 unspecified atom stereocenters. The molecule has 1 rings (SSSR count). The summed E-state index contributed by atoms with van der Waals surface area (Å²) in [5, 5.41) is 0. The van der Waals surface area contributed by atoms with Crippen LogP contribution in [0.5, 0.6) is 0 Å². The molecule has 0 amide bonds. The smallest absolute Gasteiger partial charge is 0.0226 e. The van der Waals surface area contributed by atoms with Crippen LogP contribution in [0.1, 0.15) is 25.7 Å². The summed E-state index contributed by atoms with van der Waals surface area (Å²) in [6.07, 6.45) is 9.62. The summed E-state index contributed by atoms with van der Waals surface area (Å²) >= 11 is 5.61. The highest BCUT2D eigenvalue weighted by atomic mass is 35.5. The predicted octanol–water partition coefficient (Wildman–Crippen LogP) is 2.97. The van der Waals surface area contributed by atoms with E-state index in [2.05, 4.69) is 12.2 Å². The lowest BCUT2D eigenvalue weighted by Gasteiger charge is -2.15. The molecule has 1 aliphatic carbocycles. The SMILES string of the molecule is ClCCC1CC=CCC1. The molecule has 1 atom stereocenters. The summed E-state index contributed by atoms with van der Waals surface area (Å²) in [5.74, 6) is 1.71. The molecule has 0 aromatic rings. The molecule has 0 saturated carbocycles. The van der Waals surface area contributed by atoms with Gasteiger partial charge >= 0.3 is 0 Å². The fourth-order valence-corrected chi connectivity index (χ4v) is 1.58. The molecule has 52 valence electrons. The van der Waals surface area contributed by atoms with Gasteiger partial charge < -0.3 is 0 Å². The van der Waals surface area contributed by atoms with E-state index in [0.717, 1.165) is 11.8 Å². The van der Waals surface area contributed by atoms with Crippen LogP contribution in [0.25, 0.3) is 0 Å². The van der Waals surface area contributed by atoms with Gasteiger partial charge in [-0.15, -0.1) is 11.6 Å². The first-order valence-corrected chi connectivity index (χ1v) is 4.18. The lowest BCUT2D eigenvalue weighted by atomic mass is 9.92. The Balaban J connectivity index is 2.18. The molecule has 0 spiro atoms. The van der Waals surface area contributed by atoms with E-state index in [9.17, 15) is 0 Å². The fraction of sp³-hybridized carbons (Fsp3) is 0.750. The fourth-order valence-electron chi connectivity index (χ4n) is 1.27. The van der Waals surface area contributed by atoms with Crippen molar-refractivity contribution in [2.45, 2.75) is 25.7 Å². The lowest BCUT2D eigenvalue weighted by molar-refractivity contribution is 0.468. The number of hydrogen-bond donors (Lipinski definition) is 0. The molecule has 0 bridgehead atoms. The first-order valence-electron chi connectivity index (χ1n) is 3.64. The van der Waals surface area contributed by atoms with Crippen molar-refractivity contribution < 1.29 is 0 Å². The molecule has 0 nitrogen and oxygen atoms in total. The third-order valence-electron chi connectivity index (χ3n) is 1.90. The molecule has 0 saturated heterocycles. The second-order valence-electron chi connectivity index (χ2n) is 2.63. The maximum Gasteiger partial charge on any atom is 0.0226 e. The van der Waals surface area contributed by atoms with Gasteiger partial charge in [0.2, 0.25) is 0 Å². The summed E-state index contributed by atoms with van der Waals surface area (Å²) < 4.78 is 0. The number of hydrogen-bond acceptors (Lipinski definition) is 0. The molecule has 1 heteroatoms. The number of halogens is 1. The molecule has 0 aliphatic heterocycles. The minimum atomic E-state index is 0.832. The highest BCUT2D eigenvalue weighted by Gasteiger charge is 2.07. The van der Waals surface area contributed by atoms with Gasteiger partial charge in [0.25, 0.3) is 0 Å². The molecule has 0 N–H and O–H groups in total. The van der Waals surface area contributed by atoms with Gasteiger partial charge in [-0.3, -0.25) is 0 Å². The van der Waals surface area contributed by atoms with Crippen LogP contribution < -0.4 is 0 Å². The van der Waals surface area contributed by atoms with Gasteiger partial charge in [0.05, 0.1) is 0 Å². The summed E-state index contributed by atoms with van der Waals surface area (Å²) in [6, 6.07) is 0. The minimum Gasteiger partial charge on any atom is -0.127 e. The average Bonchev–Trinajstić information content (AvgIpc) is 1.91. The number of allylic oxidation sites excluding steroid dienone is 2. The average molecular weight is 145 g/mol. The van der Waals surface area contributed by atoms with Crippen molar-refractivity contribution in [1.82, 2.24) is 0 Å². The molecule has 0 radical (unpaired) electrons. The Morgan fingerprint density at radius 3 is 2.89 bits per heavy atom. The van der Waals surface area contributed by atoms with Crippen LogP contribution in [-0.4, -0.2) is 5.88 Å². The Labute approximate surface area is 61.9 Å². The van der Waals surface area contributed by atoms with Crippen molar-refractivity contribution in [2.24, 2.45) is 5.92 Å². The standard InChI is InChI=1S/C8H13Cl/c9-7-6-8-4-2-1-3-5-8/h1-2,8H,3-7H2. The van der Waals surface area contributed by atoms with E-state index in [0.29, 0.717) is 0 Å². The predicted molar refractivity (Wildman–Crippen MR) is 41.8 cm³/mol. The van der Waals surface area contributed by atoms with E-state index < -0.39 is 0 Å². The third-order valence-corrected chi connectivity index (χ3v) is 2.11. The molecule has 9 heavy (non-hydrogen) atoms. The summed E-state index contributed by atoms with van der Waals surface area (Å²) in [7, 11) is 0. The van der Waals surface area contributed by atoms with Crippen molar-refractivity contribution in [1.29, 1.82) is 0 Å². The Hall–Kier alpha value is 0.0300. The zero-order valence-corrected chi connectivity index (χ0v) is 6.40. The van der Waals surface area contributed by atoms with E-state index in [-0.39, 0.29) is 0 Å². The van der Waals surface area contributed by atoms with Crippen molar-refractivity contribution in [2.75, 3.05) is 5.88 Å². The van der Waals surface area contributed by atoms with Crippen LogP contribution in [0.15, 0.2) is 12.2 Å². The highest BCUT2D eigenvalue weighted by Crippen LogP contribution is 2.21. The largest absolute Gasteiger partial charge is 0.127 e. The van der Waals surface area contributed by atoms with E-state index >= 15 is 0 Å². The summed E-state index contributed by atoms with van der Waals surface area (Å²) in [5.41, 5.74) is 0. The van der Waals surface area contributed by atoms with Crippen molar-refractivity contribution in [3.05, 3.63) is 12.2 Å². The van der Waals surface area contributed by atoms with Gasteiger partial charge in [-0.05, 0) is 31.6 Å². The monoisotopic (exact) mass is 144 g/mol. The van der Waals surface area contributed by atoms with Crippen LogP contribution in [0.3, 0.4) is 0 Å². The van der Waals surface area contributed by atoms with Crippen molar-refractivity contribution in [3.8, 4) is 0 Å². The summed E-state index contributed by atoms with van der Waals surface area (Å²) in [6.45, 7) is 0. The maximum absolute atomic E-state index is 5.61. The van der Waals surface area contributed by atoms with Crippen molar-refractivity contribution in [3.63, 3.8) is 0 Å². The molecular formula is C8H13Cl. The Bertz CT molecular complexity index is 96.7. The second kappa shape index (κ2) is 3.94. The van der Waals surface area contributed by atoms with Crippen LogP contribution in [0.4, 0.5) is 0 Å². The summed E-state index contributed by atoms with van der Waals surface area (Å²) in [4.78, 5) is 0. The second-order valence-corrected chi connectivity index (χ2v) is 3.01. The first-order chi connectivity index (χ1) is 4.43. The topological polar surface area (TPSA) is 0 Å². The Kier molecular flexibility index (Phi) is 3.13. The lowest BCUT2D eigenvalue weighted by Crippen LogP contribution is -2.02. The van der Waals surface area contributed by atoms with Crippen LogP contribution in [0.2, 0.25) is 0 Å². The van der Waals surface area contributed by atoms with Crippen LogP contribution in [0, 0.1) is 5.92 Å². The molecular weight excluding hydrogens is 132 g/mol. The van der Waals surface area contributed by atoms with Gasteiger partial charge in [-0.25, -0.2) is 0 Å². The zero-order valence-electron chi connectivity index (χ0n) is 5.65. The quantitative estimate of drug-likeness (QED) is 0.413. The maximum atomic E-state index is 5.61. The highest BCUT2D eigenvalue weighted by molar-refractivity contribution is 6.17. The molecule has 0 fully saturated rings. The van der Waals surface area contributed by atoms with Crippen LogP contribution in [-0.2, 0) is 0 Å². The molecule has 0 aromatic heterocycles. The van der Waals surface area contributed by atoms with Gasteiger partial charge in [0.1, 0.15) is 0 Å². The van der Waals surface area contributed by atoms with Crippen LogP contribution >= 0.6 is 11.6 Å². The minimum absolute atomic E-state index is 0.832. The van der Waals surface area contributed by atoms with E-state index in [1.165, 1.54) is 25.7 Å². The molecule has 0 heterocycles. The van der Waals surface area contributed by atoms with Crippen molar-refractivity contribution >= 4 is 11.6 Å². The third kappa shape index (κ3) is 2.40. The van der Waals surface area contributed by atoms with E-state index in [1.54, 1.807) is 0 Å². The van der Waals surface area contributed by atoms with E-state index in [1.807, 2.05) is 0 Å². The number of rotatable bonds is 2. The van der Waals surface area contributed by atoms with Gasteiger partial charge in [0.15, 0.2) is 0 Å². The zero-order chi connectivity index (χ0) is 6.53. The molecule has 0 aromatic carbocycles.